The summed E-state index contributed by atoms with van der Waals surface area (Å²) in [5.74, 6) is -2.76. The third kappa shape index (κ3) is 4.63. The van der Waals surface area contributed by atoms with E-state index in [4.69, 9.17) is 5.11 Å². The Hall–Kier alpha value is -3.74. The molecule has 0 radical (unpaired) electrons. The van der Waals surface area contributed by atoms with Gasteiger partial charge in [-0.3, -0.25) is 14.4 Å². The van der Waals surface area contributed by atoms with Crippen LogP contribution in [-0.2, 0) is 25.6 Å². The van der Waals surface area contributed by atoms with E-state index in [0.29, 0.717) is 12.1 Å². The Balaban J connectivity index is 1.87. The van der Waals surface area contributed by atoms with Crippen LogP contribution in [0.4, 0.5) is 5.69 Å². The number of carbonyl (C=O) groups excluding carboxylic acids is 3. The monoisotopic (exact) mass is 406 g/mol. The summed E-state index contributed by atoms with van der Waals surface area (Å²) in [6.45, 7) is 1.98. The Morgan fingerprint density at radius 3 is 2.40 bits per heavy atom. The van der Waals surface area contributed by atoms with Crippen molar-refractivity contribution in [1.29, 1.82) is 0 Å². The average molecular weight is 406 g/mol. The molecule has 1 saturated heterocycles. The van der Waals surface area contributed by atoms with E-state index in [2.05, 4.69) is 0 Å². The quantitative estimate of drug-likeness (QED) is 0.563. The molecule has 30 heavy (non-hydrogen) atoms. The number of carbonyl (C=O) groups is 4. The van der Waals surface area contributed by atoms with Crippen molar-refractivity contribution in [2.75, 3.05) is 11.4 Å². The Kier molecular flexibility index (Phi) is 6.41. The van der Waals surface area contributed by atoms with Crippen LogP contribution in [0.25, 0.3) is 0 Å². The molecule has 1 heterocycles. The lowest BCUT2D eigenvalue weighted by atomic mass is 10.1. The summed E-state index contributed by atoms with van der Waals surface area (Å²) in [6.07, 6.45) is 1.98. The minimum atomic E-state index is -1.26. The molecule has 0 saturated carbocycles. The maximum atomic E-state index is 13.1. The van der Waals surface area contributed by atoms with Gasteiger partial charge in [0.05, 0.1) is 12.1 Å². The number of imide groups is 1. The van der Waals surface area contributed by atoms with Gasteiger partial charge in [0.25, 0.3) is 5.91 Å². The summed E-state index contributed by atoms with van der Waals surface area (Å²) in [7, 11) is 0. The lowest BCUT2D eigenvalue weighted by molar-refractivity contribution is -0.135. The van der Waals surface area contributed by atoms with E-state index in [0.717, 1.165) is 28.2 Å². The molecular weight excluding hydrogens is 384 g/mol. The van der Waals surface area contributed by atoms with E-state index in [1.165, 1.54) is 4.90 Å². The van der Waals surface area contributed by atoms with Crippen molar-refractivity contribution in [3.8, 4) is 0 Å². The number of para-hydroxylation sites is 1. The Labute approximate surface area is 174 Å². The highest BCUT2D eigenvalue weighted by Gasteiger charge is 2.44. The molecule has 1 N–H and O–H groups in total. The molecule has 1 atom stereocenters. The maximum Gasteiger partial charge on any atom is 0.328 e. The zero-order chi connectivity index (χ0) is 21.7. The van der Waals surface area contributed by atoms with Gasteiger partial charge in [-0.05, 0) is 30.5 Å². The molecule has 7 heteroatoms. The van der Waals surface area contributed by atoms with Crippen LogP contribution in [0, 0.1) is 6.92 Å². The molecular formula is C23H22N2O5. The molecule has 2 aromatic rings. The van der Waals surface area contributed by atoms with Crippen LogP contribution in [0.5, 0.6) is 0 Å². The normalized spacial score (nSPS) is 16.3. The second-order valence-corrected chi connectivity index (χ2v) is 7.01. The van der Waals surface area contributed by atoms with E-state index in [1.54, 1.807) is 25.1 Å². The first-order valence-corrected chi connectivity index (χ1v) is 9.56. The molecule has 3 amide bonds. The summed E-state index contributed by atoms with van der Waals surface area (Å²) in [5, 5.41) is 8.85. The van der Waals surface area contributed by atoms with E-state index in [1.807, 2.05) is 36.4 Å². The predicted molar refractivity (Wildman–Crippen MR) is 111 cm³/mol. The smallest absolute Gasteiger partial charge is 0.328 e. The van der Waals surface area contributed by atoms with E-state index < -0.39 is 23.8 Å². The molecule has 154 valence electrons. The number of anilines is 1. The second-order valence-electron chi connectivity index (χ2n) is 7.01. The molecule has 0 aliphatic carbocycles. The summed E-state index contributed by atoms with van der Waals surface area (Å²) >= 11 is 0. The van der Waals surface area contributed by atoms with Gasteiger partial charge in [-0.2, -0.15) is 0 Å². The molecule has 3 rings (SSSR count). The number of amides is 3. The number of nitrogens with zero attached hydrogens (tertiary/aromatic N) is 2. The molecule has 0 spiro atoms. The van der Waals surface area contributed by atoms with Gasteiger partial charge in [0, 0.05) is 18.7 Å². The summed E-state index contributed by atoms with van der Waals surface area (Å²) in [6, 6.07) is 15.5. The fourth-order valence-corrected chi connectivity index (χ4v) is 3.48. The van der Waals surface area contributed by atoms with Crippen LogP contribution in [0.3, 0.4) is 0 Å². The molecule has 1 unspecified atom stereocenters. The highest BCUT2D eigenvalue weighted by atomic mass is 16.4. The minimum Gasteiger partial charge on any atom is -0.478 e. The van der Waals surface area contributed by atoms with Crippen molar-refractivity contribution < 1.29 is 24.3 Å². The standard InChI is InChI=1S/C23H22N2O5/c1-16-7-5-6-10-18(16)25-21(27)15-19(23(25)30)24(20(26)11-12-22(28)29)14-13-17-8-3-2-4-9-17/h2-12,19H,13-15H2,1H3,(H,28,29)/b12-11+. The van der Waals surface area contributed by atoms with Gasteiger partial charge in [-0.25, -0.2) is 9.69 Å². The highest BCUT2D eigenvalue weighted by Crippen LogP contribution is 2.28. The Morgan fingerprint density at radius 1 is 1.07 bits per heavy atom. The molecule has 0 bridgehead atoms. The third-order valence-electron chi connectivity index (χ3n) is 4.99. The van der Waals surface area contributed by atoms with Crippen LogP contribution < -0.4 is 4.90 Å². The summed E-state index contributed by atoms with van der Waals surface area (Å²) < 4.78 is 0. The lowest BCUT2D eigenvalue weighted by Gasteiger charge is -2.27. The van der Waals surface area contributed by atoms with Crippen LogP contribution in [0.2, 0.25) is 0 Å². The number of rotatable bonds is 7. The molecule has 1 aliphatic rings. The van der Waals surface area contributed by atoms with E-state index in [9.17, 15) is 19.2 Å². The van der Waals surface area contributed by atoms with Crippen molar-refractivity contribution in [3.63, 3.8) is 0 Å². The number of hydrogen-bond acceptors (Lipinski definition) is 4. The Bertz CT molecular complexity index is 1000. The molecule has 7 nitrogen and oxygen atoms in total. The van der Waals surface area contributed by atoms with Crippen molar-refractivity contribution in [3.05, 3.63) is 77.9 Å². The second kappa shape index (κ2) is 9.17. The number of hydrogen-bond donors (Lipinski definition) is 1. The Morgan fingerprint density at radius 2 is 1.73 bits per heavy atom. The summed E-state index contributed by atoms with van der Waals surface area (Å²) in [4.78, 5) is 51.7. The predicted octanol–water partition coefficient (Wildman–Crippen LogP) is 2.34. The number of carboxylic acid groups (broad SMARTS) is 1. The fraction of sp³-hybridized carbons (Fsp3) is 0.217. The van der Waals surface area contributed by atoms with Gasteiger partial charge < -0.3 is 10.0 Å². The van der Waals surface area contributed by atoms with Gasteiger partial charge in [-0.1, -0.05) is 48.5 Å². The largest absolute Gasteiger partial charge is 0.478 e. The number of benzene rings is 2. The fourth-order valence-electron chi connectivity index (χ4n) is 3.48. The van der Waals surface area contributed by atoms with Gasteiger partial charge >= 0.3 is 5.97 Å². The van der Waals surface area contributed by atoms with Crippen LogP contribution >= 0.6 is 0 Å². The summed E-state index contributed by atoms with van der Waals surface area (Å²) in [5.41, 5.74) is 2.23. The zero-order valence-electron chi connectivity index (χ0n) is 16.5. The van der Waals surface area contributed by atoms with Gasteiger partial charge in [-0.15, -0.1) is 0 Å². The molecule has 1 fully saturated rings. The maximum absolute atomic E-state index is 13.1. The van der Waals surface area contributed by atoms with Gasteiger partial charge in [0.15, 0.2) is 0 Å². The van der Waals surface area contributed by atoms with Crippen molar-refractivity contribution in [2.45, 2.75) is 25.8 Å². The average Bonchev–Trinajstić information content (AvgIpc) is 3.02. The van der Waals surface area contributed by atoms with Gasteiger partial charge in [0.2, 0.25) is 11.8 Å². The number of aryl methyl sites for hydroxylation is 1. The first-order valence-electron chi connectivity index (χ1n) is 9.56. The third-order valence-corrected chi connectivity index (χ3v) is 4.99. The first-order chi connectivity index (χ1) is 14.4. The van der Waals surface area contributed by atoms with E-state index >= 15 is 0 Å². The van der Waals surface area contributed by atoms with Crippen LogP contribution in [-0.4, -0.2) is 46.3 Å². The SMILES string of the molecule is Cc1ccccc1N1C(=O)CC(N(CCc2ccccc2)C(=O)/C=C/C(=O)O)C1=O. The highest BCUT2D eigenvalue weighted by molar-refractivity contribution is 6.23. The lowest BCUT2D eigenvalue weighted by Crippen LogP contribution is -2.46. The van der Waals surface area contributed by atoms with Crippen molar-refractivity contribution >= 4 is 29.4 Å². The minimum absolute atomic E-state index is 0.144. The molecule has 0 aromatic heterocycles. The zero-order valence-corrected chi connectivity index (χ0v) is 16.5. The van der Waals surface area contributed by atoms with Crippen molar-refractivity contribution in [1.82, 2.24) is 4.90 Å². The van der Waals surface area contributed by atoms with Crippen molar-refractivity contribution in [2.24, 2.45) is 0 Å². The van der Waals surface area contributed by atoms with Crippen LogP contribution in [0.15, 0.2) is 66.7 Å². The molecule has 2 aromatic carbocycles. The number of carboxylic acids is 1. The topological polar surface area (TPSA) is 95.0 Å². The van der Waals surface area contributed by atoms with Crippen LogP contribution in [0.1, 0.15) is 17.5 Å². The van der Waals surface area contributed by atoms with E-state index in [-0.39, 0.29) is 18.9 Å². The molecule has 1 aliphatic heterocycles. The van der Waals surface area contributed by atoms with Gasteiger partial charge in [0.1, 0.15) is 6.04 Å². The number of aliphatic carboxylic acids is 1. The first kappa shape index (κ1) is 21.0.